The van der Waals surface area contributed by atoms with Gasteiger partial charge >= 0.3 is 0 Å². The molecule has 0 spiro atoms. The fraction of sp³-hybridized carbons (Fsp3) is 0.190. The third-order valence-electron chi connectivity index (χ3n) is 4.61. The fourth-order valence-electron chi connectivity index (χ4n) is 3.04. The van der Waals surface area contributed by atoms with E-state index < -0.39 is 5.56 Å². The van der Waals surface area contributed by atoms with Gasteiger partial charge < -0.3 is 10.1 Å². The highest BCUT2D eigenvalue weighted by molar-refractivity contribution is 5.90. The number of rotatable bonds is 6. The van der Waals surface area contributed by atoms with Crippen LogP contribution in [0.1, 0.15) is 11.1 Å². The Morgan fingerprint density at radius 1 is 1.17 bits per heavy atom. The third-order valence-corrected chi connectivity index (χ3v) is 4.61. The number of carbonyl (C=O) groups excluding carboxylic acids is 1. The standard InChI is InChI=1S/C21H20N6O3/c1-14-6-8-16(9-7-14)23-18(28)12-26-13-22-20-19(21(26)29)24-25-27(20)11-15-4-3-5-17(10-15)30-2/h3-10,13H,11-12H2,1-2H3,(H,23,28). The molecule has 2 heterocycles. The molecule has 30 heavy (non-hydrogen) atoms. The van der Waals surface area contributed by atoms with E-state index in [1.807, 2.05) is 55.5 Å². The van der Waals surface area contributed by atoms with Crippen LogP contribution in [0.15, 0.2) is 59.7 Å². The molecule has 4 rings (SSSR count). The molecular weight excluding hydrogens is 384 g/mol. The summed E-state index contributed by atoms with van der Waals surface area (Å²) in [5, 5.41) is 10.8. The van der Waals surface area contributed by atoms with Gasteiger partial charge in [-0.15, -0.1) is 5.10 Å². The Morgan fingerprint density at radius 2 is 1.97 bits per heavy atom. The van der Waals surface area contributed by atoms with E-state index >= 15 is 0 Å². The molecule has 0 aliphatic carbocycles. The Hall–Kier alpha value is -4.01. The lowest BCUT2D eigenvalue weighted by Gasteiger charge is -2.08. The highest BCUT2D eigenvalue weighted by atomic mass is 16.5. The molecule has 2 aromatic carbocycles. The van der Waals surface area contributed by atoms with Crippen LogP contribution in [-0.4, -0.2) is 37.6 Å². The molecule has 0 bridgehead atoms. The molecule has 0 unspecified atom stereocenters. The normalized spacial score (nSPS) is 10.9. The number of nitrogens with zero attached hydrogens (tertiary/aromatic N) is 5. The fourth-order valence-corrected chi connectivity index (χ4v) is 3.04. The minimum Gasteiger partial charge on any atom is -0.497 e. The van der Waals surface area contributed by atoms with Crippen molar-refractivity contribution < 1.29 is 9.53 Å². The second-order valence-corrected chi connectivity index (χ2v) is 6.86. The Bertz CT molecular complexity index is 1260. The number of carbonyl (C=O) groups is 1. The van der Waals surface area contributed by atoms with Gasteiger partial charge in [-0.05, 0) is 36.8 Å². The summed E-state index contributed by atoms with van der Waals surface area (Å²) in [5.74, 6) is 0.401. The third kappa shape index (κ3) is 4.04. The predicted octanol–water partition coefficient (Wildman–Crippen LogP) is 1.99. The van der Waals surface area contributed by atoms with Crippen molar-refractivity contribution >= 4 is 22.8 Å². The van der Waals surface area contributed by atoms with Crippen LogP contribution in [0.4, 0.5) is 5.69 Å². The number of methoxy groups -OCH3 is 1. The Balaban J connectivity index is 1.53. The van der Waals surface area contributed by atoms with E-state index in [1.165, 1.54) is 10.9 Å². The first kappa shape index (κ1) is 19.3. The van der Waals surface area contributed by atoms with Crippen molar-refractivity contribution in [2.45, 2.75) is 20.0 Å². The van der Waals surface area contributed by atoms with Crippen LogP contribution in [0, 0.1) is 6.92 Å². The quantitative estimate of drug-likeness (QED) is 0.527. The van der Waals surface area contributed by atoms with Crippen LogP contribution < -0.4 is 15.6 Å². The number of hydrogen-bond acceptors (Lipinski definition) is 6. The number of nitrogens with one attached hydrogen (secondary N) is 1. The van der Waals surface area contributed by atoms with Crippen LogP contribution in [0.5, 0.6) is 5.75 Å². The molecule has 0 fully saturated rings. The number of hydrogen-bond donors (Lipinski definition) is 1. The largest absolute Gasteiger partial charge is 0.497 e. The van der Waals surface area contributed by atoms with Crippen molar-refractivity contribution in [3.8, 4) is 5.75 Å². The molecule has 9 heteroatoms. The average Bonchev–Trinajstić information content (AvgIpc) is 3.15. The van der Waals surface area contributed by atoms with Gasteiger partial charge in [-0.2, -0.15) is 0 Å². The monoisotopic (exact) mass is 404 g/mol. The topological polar surface area (TPSA) is 104 Å². The lowest BCUT2D eigenvalue weighted by molar-refractivity contribution is -0.116. The number of benzene rings is 2. The number of aromatic nitrogens is 5. The molecule has 2 aromatic heterocycles. The Morgan fingerprint density at radius 3 is 2.73 bits per heavy atom. The number of aryl methyl sites for hydroxylation is 1. The van der Waals surface area contributed by atoms with Gasteiger partial charge in [0.25, 0.3) is 5.56 Å². The number of fused-ring (bicyclic) bond motifs is 1. The zero-order chi connectivity index (χ0) is 21.1. The summed E-state index contributed by atoms with van der Waals surface area (Å²) >= 11 is 0. The zero-order valence-electron chi connectivity index (χ0n) is 16.6. The van der Waals surface area contributed by atoms with E-state index in [1.54, 1.807) is 11.8 Å². The van der Waals surface area contributed by atoms with Gasteiger partial charge in [-0.3, -0.25) is 14.2 Å². The van der Waals surface area contributed by atoms with Crippen LogP contribution >= 0.6 is 0 Å². The number of amides is 1. The second-order valence-electron chi connectivity index (χ2n) is 6.86. The van der Waals surface area contributed by atoms with Crippen molar-refractivity contribution in [3.63, 3.8) is 0 Å². The molecule has 4 aromatic rings. The van der Waals surface area contributed by atoms with E-state index in [0.29, 0.717) is 17.9 Å². The minimum absolute atomic E-state index is 0.114. The molecule has 0 saturated heterocycles. The average molecular weight is 404 g/mol. The molecule has 0 aliphatic rings. The lowest BCUT2D eigenvalue weighted by Crippen LogP contribution is -2.28. The molecule has 9 nitrogen and oxygen atoms in total. The highest BCUT2D eigenvalue weighted by Crippen LogP contribution is 2.14. The smallest absolute Gasteiger partial charge is 0.283 e. The van der Waals surface area contributed by atoms with E-state index in [2.05, 4.69) is 20.6 Å². The summed E-state index contributed by atoms with van der Waals surface area (Å²) in [7, 11) is 1.60. The van der Waals surface area contributed by atoms with E-state index in [0.717, 1.165) is 16.9 Å². The summed E-state index contributed by atoms with van der Waals surface area (Å²) in [6.45, 7) is 2.18. The number of ether oxygens (including phenoxy) is 1. The second kappa shape index (κ2) is 8.16. The van der Waals surface area contributed by atoms with Gasteiger partial charge in [0.2, 0.25) is 5.91 Å². The molecule has 0 aliphatic heterocycles. The van der Waals surface area contributed by atoms with Gasteiger partial charge in [0.05, 0.1) is 13.7 Å². The molecule has 152 valence electrons. The van der Waals surface area contributed by atoms with Gasteiger partial charge in [-0.1, -0.05) is 35.0 Å². The maximum Gasteiger partial charge on any atom is 0.283 e. The van der Waals surface area contributed by atoms with Gasteiger partial charge in [-0.25, -0.2) is 9.67 Å². The molecule has 0 radical (unpaired) electrons. The Labute approximate surface area is 171 Å². The maximum atomic E-state index is 12.7. The zero-order valence-corrected chi connectivity index (χ0v) is 16.6. The van der Waals surface area contributed by atoms with Crippen LogP contribution in [0.2, 0.25) is 0 Å². The van der Waals surface area contributed by atoms with E-state index in [-0.39, 0.29) is 18.0 Å². The molecular formula is C21H20N6O3. The highest BCUT2D eigenvalue weighted by Gasteiger charge is 2.14. The first-order valence-corrected chi connectivity index (χ1v) is 9.31. The molecule has 0 atom stereocenters. The van der Waals surface area contributed by atoms with Gasteiger partial charge in [0.1, 0.15) is 18.6 Å². The molecule has 1 amide bonds. The van der Waals surface area contributed by atoms with Crippen molar-refractivity contribution in [3.05, 3.63) is 76.3 Å². The maximum absolute atomic E-state index is 12.7. The lowest BCUT2D eigenvalue weighted by atomic mass is 10.2. The summed E-state index contributed by atoms with van der Waals surface area (Å²) in [6, 6.07) is 14.9. The van der Waals surface area contributed by atoms with Crippen molar-refractivity contribution in [1.29, 1.82) is 0 Å². The van der Waals surface area contributed by atoms with Crippen molar-refractivity contribution in [2.24, 2.45) is 0 Å². The summed E-state index contributed by atoms with van der Waals surface area (Å²) < 4.78 is 7.99. The molecule has 0 saturated carbocycles. The summed E-state index contributed by atoms with van der Waals surface area (Å²) in [5.41, 5.74) is 2.75. The van der Waals surface area contributed by atoms with E-state index in [4.69, 9.17) is 4.74 Å². The van der Waals surface area contributed by atoms with E-state index in [9.17, 15) is 9.59 Å². The minimum atomic E-state index is -0.420. The summed E-state index contributed by atoms with van der Waals surface area (Å²) in [4.78, 5) is 29.3. The Kier molecular flexibility index (Phi) is 5.25. The molecule has 1 N–H and O–H groups in total. The van der Waals surface area contributed by atoms with Crippen LogP contribution in [0.25, 0.3) is 11.2 Å². The van der Waals surface area contributed by atoms with Gasteiger partial charge in [0, 0.05) is 5.69 Å². The first-order valence-electron chi connectivity index (χ1n) is 9.31. The predicted molar refractivity (Wildman–Crippen MR) is 111 cm³/mol. The van der Waals surface area contributed by atoms with Crippen molar-refractivity contribution in [2.75, 3.05) is 12.4 Å². The van der Waals surface area contributed by atoms with Crippen LogP contribution in [0.3, 0.4) is 0 Å². The van der Waals surface area contributed by atoms with Crippen molar-refractivity contribution in [1.82, 2.24) is 24.5 Å². The number of anilines is 1. The SMILES string of the molecule is COc1cccc(Cn2nnc3c(=O)n(CC(=O)Nc4ccc(C)cc4)cnc32)c1. The van der Waals surface area contributed by atoms with Crippen LogP contribution in [-0.2, 0) is 17.9 Å². The van der Waals surface area contributed by atoms with Gasteiger partial charge in [0.15, 0.2) is 11.2 Å². The first-order chi connectivity index (χ1) is 14.5. The summed E-state index contributed by atoms with van der Waals surface area (Å²) in [6.07, 6.45) is 1.34.